The summed E-state index contributed by atoms with van der Waals surface area (Å²) in [6.45, 7) is 2.02. The van der Waals surface area contributed by atoms with Gasteiger partial charge in [0.25, 0.3) is 0 Å². The Labute approximate surface area is 146 Å². The predicted molar refractivity (Wildman–Crippen MR) is 94.4 cm³/mol. The molecule has 3 aromatic heterocycles. The highest BCUT2D eigenvalue weighted by molar-refractivity contribution is 8.00. The van der Waals surface area contributed by atoms with Gasteiger partial charge in [-0.3, -0.25) is 10.6 Å². The van der Waals surface area contributed by atoms with Crippen LogP contribution in [0.2, 0.25) is 0 Å². The summed E-state index contributed by atoms with van der Waals surface area (Å²) in [4.78, 5) is 24.3. The number of thiazole rings is 1. The van der Waals surface area contributed by atoms with E-state index in [1.807, 2.05) is 6.92 Å². The van der Waals surface area contributed by atoms with Crippen molar-refractivity contribution in [1.29, 1.82) is 0 Å². The highest BCUT2D eigenvalue weighted by atomic mass is 32.2. The van der Waals surface area contributed by atoms with E-state index in [0.717, 1.165) is 16.4 Å². The van der Waals surface area contributed by atoms with Crippen LogP contribution in [0.5, 0.6) is 0 Å². The molecule has 0 aromatic carbocycles. The van der Waals surface area contributed by atoms with Gasteiger partial charge in [-0.25, -0.2) is 19.7 Å². The predicted octanol–water partition coefficient (Wildman–Crippen LogP) is 4.02. The number of pyridine rings is 1. The van der Waals surface area contributed by atoms with E-state index in [1.54, 1.807) is 48.6 Å². The number of nitrogens with zero attached hydrogens (tertiary/aromatic N) is 3. The molecule has 0 saturated heterocycles. The van der Waals surface area contributed by atoms with Gasteiger partial charge in [0.05, 0.1) is 22.4 Å². The Balaban J connectivity index is 1.50. The molecule has 2 amide bonds. The summed E-state index contributed by atoms with van der Waals surface area (Å²) >= 11 is 2.96. The van der Waals surface area contributed by atoms with E-state index in [1.165, 1.54) is 11.3 Å². The first-order valence-electron chi connectivity index (χ1n) is 7.24. The molecule has 0 aliphatic heterocycles. The molecular formula is C15H15N5O2S2. The lowest BCUT2D eigenvalue weighted by Crippen LogP contribution is -2.19. The molecule has 0 aliphatic carbocycles. The van der Waals surface area contributed by atoms with Gasteiger partial charge in [0.15, 0.2) is 5.13 Å². The number of aryl methyl sites for hydroxylation is 1. The van der Waals surface area contributed by atoms with Gasteiger partial charge < -0.3 is 4.42 Å². The molecule has 0 aliphatic rings. The quantitative estimate of drug-likeness (QED) is 0.644. The van der Waals surface area contributed by atoms with Gasteiger partial charge in [0.2, 0.25) is 5.89 Å². The average molecular weight is 361 g/mol. The first-order chi connectivity index (χ1) is 11.7. The molecule has 0 bridgehead atoms. The third-order valence-corrected chi connectivity index (χ3v) is 4.99. The summed E-state index contributed by atoms with van der Waals surface area (Å²) in [6, 6.07) is 4.92. The lowest BCUT2D eigenvalue weighted by atomic mass is 10.4. The van der Waals surface area contributed by atoms with E-state index < -0.39 is 0 Å². The minimum Gasteiger partial charge on any atom is -0.445 e. The second kappa shape index (κ2) is 7.93. The van der Waals surface area contributed by atoms with E-state index in [2.05, 4.69) is 25.6 Å². The minimum atomic E-state index is -0.375. The van der Waals surface area contributed by atoms with Crippen LogP contribution in [0.25, 0.3) is 0 Å². The number of thioether (sulfide) groups is 1. The van der Waals surface area contributed by atoms with Crippen molar-refractivity contribution in [1.82, 2.24) is 15.0 Å². The number of urea groups is 1. The van der Waals surface area contributed by atoms with Crippen LogP contribution in [0, 0.1) is 0 Å². The molecule has 0 atom stereocenters. The summed E-state index contributed by atoms with van der Waals surface area (Å²) in [5.74, 6) is 2.68. The molecule has 0 unspecified atom stereocenters. The number of rotatable bonds is 6. The fraction of sp³-hybridized carbons (Fsp3) is 0.200. The average Bonchev–Trinajstić information content (AvgIpc) is 3.22. The van der Waals surface area contributed by atoms with Crippen molar-refractivity contribution in [3.8, 4) is 0 Å². The molecule has 3 heterocycles. The fourth-order valence-corrected chi connectivity index (χ4v) is 3.50. The molecule has 2 N–H and O–H groups in total. The largest absolute Gasteiger partial charge is 0.445 e. The van der Waals surface area contributed by atoms with Crippen molar-refractivity contribution in [2.75, 3.05) is 10.6 Å². The van der Waals surface area contributed by atoms with E-state index in [4.69, 9.17) is 4.42 Å². The SMILES string of the molecule is CCc1cnc(CSc2cnc(NC(=O)Nc3ccccn3)s2)o1. The number of hydrogen-bond donors (Lipinski definition) is 2. The Kier molecular flexibility index (Phi) is 5.44. The Hall–Kier alpha value is -2.39. The minimum absolute atomic E-state index is 0.375. The van der Waals surface area contributed by atoms with Gasteiger partial charge in [-0.15, -0.1) is 11.8 Å². The number of hydrogen-bond acceptors (Lipinski definition) is 7. The van der Waals surface area contributed by atoms with Gasteiger partial charge >= 0.3 is 6.03 Å². The van der Waals surface area contributed by atoms with Crippen LogP contribution >= 0.6 is 23.1 Å². The van der Waals surface area contributed by atoms with Crippen LogP contribution < -0.4 is 10.6 Å². The first-order valence-corrected chi connectivity index (χ1v) is 9.04. The zero-order valence-corrected chi connectivity index (χ0v) is 14.5. The second-order valence-electron chi connectivity index (χ2n) is 4.64. The molecule has 0 fully saturated rings. The maximum absolute atomic E-state index is 11.9. The second-order valence-corrected chi connectivity index (χ2v) is 6.95. The van der Waals surface area contributed by atoms with Gasteiger partial charge in [-0.05, 0) is 12.1 Å². The summed E-state index contributed by atoms with van der Waals surface area (Å²) in [5.41, 5.74) is 0. The lowest BCUT2D eigenvalue weighted by molar-refractivity contribution is 0.262. The number of anilines is 2. The summed E-state index contributed by atoms with van der Waals surface area (Å²) in [6.07, 6.45) is 5.91. The van der Waals surface area contributed by atoms with Crippen LogP contribution in [0.4, 0.5) is 15.7 Å². The standard InChI is InChI=1S/C15H15N5O2S2/c1-2-10-7-17-12(22-10)9-23-13-8-18-15(24-13)20-14(21)19-11-5-3-4-6-16-11/h3-8H,2,9H2,1H3,(H2,16,18,19,20,21). The highest BCUT2D eigenvalue weighted by Gasteiger charge is 2.09. The van der Waals surface area contributed by atoms with Crippen molar-refractivity contribution >= 4 is 40.1 Å². The van der Waals surface area contributed by atoms with Crippen molar-refractivity contribution < 1.29 is 9.21 Å². The summed E-state index contributed by atoms with van der Waals surface area (Å²) in [5, 5.41) is 5.85. The topological polar surface area (TPSA) is 92.9 Å². The van der Waals surface area contributed by atoms with Crippen LogP contribution in [0.1, 0.15) is 18.6 Å². The van der Waals surface area contributed by atoms with Crippen LogP contribution in [-0.2, 0) is 12.2 Å². The van der Waals surface area contributed by atoms with Crippen LogP contribution in [-0.4, -0.2) is 21.0 Å². The molecular weight excluding hydrogens is 346 g/mol. The van der Waals surface area contributed by atoms with Crippen LogP contribution in [0.3, 0.4) is 0 Å². The number of aromatic nitrogens is 3. The third-order valence-electron chi connectivity index (χ3n) is 2.90. The molecule has 3 aromatic rings. The zero-order valence-electron chi connectivity index (χ0n) is 12.9. The number of oxazole rings is 1. The lowest BCUT2D eigenvalue weighted by Gasteiger charge is -2.03. The molecule has 9 heteroatoms. The molecule has 24 heavy (non-hydrogen) atoms. The Morgan fingerprint density at radius 2 is 2.17 bits per heavy atom. The Bertz CT molecular complexity index is 803. The fourth-order valence-electron chi connectivity index (χ4n) is 1.78. The van der Waals surface area contributed by atoms with Crippen LogP contribution in [0.15, 0.2) is 45.4 Å². The van der Waals surface area contributed by atoms with Gasteiger partial charge in [-0.1, -0.05) is 24.3 Å². The number of carbonyl (C=O) groups is 1. The number of amides is 2. The molecule has 3 rings (SSSR count). The molecule has 0 saturated carbocycles. The monoisotopic (exact) mass is 361 g/mol. The first kappa shape index (κ1) is 16.5. The van der Waals surface area contributed by atoms with Gasteiger partial charge in [0.1, 0.15) is 11.6 Å². The third kappa shape index (κ3) is 4.56. The Morgan fingerprint density at radius 3 is 2.92 bits per heavy atom. The molecule has 124 valence electrons. The number of nitrogens with one attached hydrogen (secondary N) is 2. The summed E-state index contributed by atoms with van der Waals surface area (Å²) < 4.78 is 6.53. The van der Waals surface area contributed by atoms with E-state index in [0.29, 0.717) is 22.6 Å². The Morgan fingerprint density at radius 1 is 1.25 bits per heavy atom. The molecule has 7 nitrogen and oxygen atoms in total. The summed E-state index contributed by atoms with van der Waals surface area (Å²) in [7, 11) is 0. The van der Waals surface area contributed by atoms with Crippen molar-refractivity contribution in [2.45, 2.75) is 23.3 Å². The van der Waals surface area contributed by atoms with Crippen molar-refractivity contribution in [3.05, 3.63) is 48.4 Å². The molecule has 0 spiro atoms. The van der Waals surface area contributed by atoms with Gasteiger partial charge in [-0.2, -0.15) is 0 Å². The smallest absolute Gasteiger partial charge is 0.326 e. The highest BCUT2D eigenvalue weighted by Crippen LogP contribution is 2.30. The van der Waals surface area contributed by atoms with Crippen molar-refractivity contribution in [3.63, 3.8) is 0 Å². The van der Waals surface area contributed by atoms with E-state index in [-0.39, 0.29) is 6.03 Å². The molecule has 0 radical (unpaired) electrons. The maximum Gasteiger partial charge on any atom is 0.326 e. The van der Waals surface area contributed by atoms with E-state index >= 15 is 0 Å². The van der Waals surface area contributed by atoms with E-state index in [9.17, 15) is 4.79 Å². The zero-order chi connectivity index (χ0) is 16.8. The number of carbonyl (C=O) groups excluding carboxylic acids is 1. The van der Waals surface area contributed by atoms with Crippen molar-refractivity contribution in [2.24, 2.45) is 0 Å². The normalized spacial score (nSPS) is 10.5. The maximum atomic E-state index is 11.9. The van der Waals surface area contributed by atoms with Gasteiger partial charge in [0, 0.05) is 12.6 Å².